The number of carbonyl (C=O) groups excluding carboxylic acids is 2. The molecule has 0 radical (unpaired) electrons. The predicted molar refractivity (Wildman–Crippen MR) is 122 cm³/mol. The number of nitrogens with one attached hydrogen (secondary N) is 2. The zero-order chi connectivity index (χ0) is 22.1. The molecule has 5 nitrogen and oxygen atoms in total. The van der Waals surface area contributed by atoms with Crippen molar-refractivity contribution in [3.05, 3.63) is 81.8 Å². The number of Topliss-reactive ketones (excluding diaryl/α,β-unsaturated/α-hetero) is 1. The molecule has 5 heteroatoms. The highest BCUT2D eigenvalue weighted by molar-refractivity contribution is 6.09. The molecular formula is C26H29N3O2. The van der Waals surface area contributed by atoms with Crippen molar-refractivity contribution in [2.75, 3.05) is 5.32 Å². The van der Waals surface area contributed by atoms with Crippen molar-refractivity contribution in [3.63, 3.8) is 0 Å². The van der Waals surface area contributed by atoms with Gasteiger partial charge >= 0.3 is 0 Å². The summed E-state index contributed by atoms with van der Waals surface area (Å²) in [5, 5.41) is 6.31. The van der Waals surface area contributed by atoms with Crippen LogP contribution in [0.1, 0.15) is 56.2 Å². The molecule has 2 N–H and O–H groups in total. The molecular weight excluding hydrogens is 386 g/mol. The van der Waals surface area contributed by atoms with E-state index in [4.69, 9.17) is 0 Å². The lowest BCUT2D eigenvalue weighted by molar-refractivity contribution is -0.117. The van der Waals surface area contributed by atoms with Crippen LogP contribution in [-0.4, -0.2) is 16.7 Å². The summed E-state index contributed by atoms with van der Waals surface area (Å²) in [4.78, 5) is 30.9. The standard InChI is InChI=1S/C26H29N3O2/c1-5-18-7-9-19(10-8-18)24-23(26(31)29-22-11-6-15(2)14-27-22)17(4)28-20-12-16(3)13-21(30)25(20)24/h6-11,14,16,24,28H,5,12-13H2,1-4H3,(H,27,29,31). The number of dihydropyridines is 1. The van der Waals surface area contributed by atoms with E-state index in [0.29, 0.717) is 23.7 Å². The van der Waals surface area contributed by atoms with Gasteiger partial charge in [-0.05, 0) is 55.4 Å². The second-order valence-electron chi connectivity index (χ2n) is 8.70. The van der Waals surface area contributed by atoms with Crippen molar-refractivity contribution >= 4 is 17.5 Å². The molecule has 4 rings (SSSR count). The molecule has 0 saturated heterocycles. The maximum Gasteiger partial charge on any atom is 0.255 e. The fraction of sp³-hybridized carbons (Fsp3) is 0.346. The zero-order valence-electron chi connectivity index (χ0n) is 18.6. The number of benzene rings is 1. The van der Waals surface area contributed by atoms with Crippen molar-refractivity contribution in [3.8, 4) is 0 Å². The summed E-state index contributed by atoms with van der Waals surface area (Å²) < 4.78 is 0. The van der Waals surface area contributed by atoms with E-state index in [9.17, 15) is 9.59 Å². The predicted octanol–water partition coefficient (Wildman–Crippen LogP) is 4.81. The quantitative estimate of drug-likeness (QED) is 0.752. The molecule has 1 amide bonds. The van der Waals surface area contributed by atoms with Gasteiger partial charge < -0.3 is 10.6 Å². The number of allylic oxidation sites excluding steroid dienone is 3. The molecule has 1 aliphatic carbocycles. The summed E-state index contributed by atoms with van der Waals surface area (Å²) in [6.45, 7) is 8.08. The third-order valence-corrected chi connectivity index (χ3v) is 6.15. The maximum absolute atomic E-state index is 13.4. The second-order valence-corrected chi connectivity index (χ2v) is 8.70. The number of rotatable bonds is 4. The minimum Gasteiger partial charge on any atom is -0.362 e. The number of nitrogens with zero attached hydrogens (tertiary/aromatic N) is 1. The van der Waals surface area contributed by atoms with E-state index >= 15 is 0 Å². The smallest absolute Gasteiger partial charge is 0.255 e. The summed E-state index contributed by atoms with van der Waals surface area (Å²) in [5.41, 5.74) is 6.27. The van der Waals surface area contributed by atoms with Crippen LogP contribution in [0, 0.1) is 12.8 Å². The fourth-order valence-corrected chi connectivity index (χ4v) is 4.54. The van der Waals surface area contributed by atoms with Gasteiger partial charge in [0.2, 0.25) is 0 Å². The summed E-state index contributed by atoms with van der Waals surface area (Å²) in [7, 11) is 0. The van der Waals surface area contributed by atoms with Gasteiger partial charge in [-0.2, -0.15) is 0 Å². The first-order chi connectivity index (χ1) is 14.9. The van der Waals surface area contributed by atoms with E-state index in [0.717, 1.165) is 40.9 Å². The van der Waals surface area contributed by atoms with E-state index in [-0.39, 0.29) is 17.6 Å². The monoisotopic (exact) mass is 415 g/mol. The van der Waals surface area contributed by atoms with Gasteiger partial charge in [-0.3, -0.25) is 9.59 Å². The fourth-order valence-electron chi connectivity index (χ4n) is 4.54. The van der Waals surface area contributed by atoms with Crippen LogP contribution in [-0.2, 0) is 16.0 Å². The molecule has 2 aliphatic rings. The largest absolute Gasteiger partial charge is 0.362 e. The first-order valence-electron chi connectivity index (χ1n) is 10.9. The number of hydrogen-bond acceptors (Lipinski definition) is 4. The highest BCUT2D eigenvalue weighted by Crippen LogP contribution is 2.43. The molecule has 1 aromatic carbocycles. The summed E-state index contributed by atoms with van der Waals surface area (Å²) in [6.07, 6.45) is 4.00. The Labute approximate surface area is 183 Å². The Kier molecular flexibility index (Phi) is 5.77. The molecule has 2 atom stereocenters. The average Bonchev–Trinajstić information content (AvgIpc) is 2.74. The van der Waals surface area contributed by atoms with Crippen molar-refractivity contribution in [2.45, 2.75) is 52.9 Å². The highest BCUT2D eigenvalue weighted by Gasteiger charge is 2.39. The lowest BCUT2D eigenvalue weighted by Gasteiger charge is -2.36. The maximum atomic E-state index is 13.4. The van der Waals surface area contributed by atoms with Crippen LogP contribution in [0.3, 0.4) is 0 Å². The summed E-state index contributed by atoms with van der Waals surface area (Å²) in [6, 6.07) is 12.0. The molecule has 1 aromatic heterocycles. The van der Waals surface area contributed by atoms with Gasteiger partial charge in [-0.25, -0.2) is 4.98 Å². The molecule has 31 heavy (non-hydrogen) atoms. The average molecular weight is 416 g/mol. The van der Waals surface area contributed by atoms with Crippen LogP contribution in [0.4, 0.5) is 5.82 Å². The highest BCUT2D eigenvalue weighted by atomic mass is 16.2. The number of ketones is 1. The SMILES string of the molecule is CCc1ccc(C2C(C(=O)Nc3ccc(C)cn3)=C(C)NC3=C2C(=O)CC(C)C3)cc1. The molecule has 1 aliphatic heterocycles. The molecule has 160 valence electrons. The van der Waals surface area contributed by atoms with E-state index in [1.54, 1.807) is 12.3 Å². The van der Waals surface area contributed by atoms with Crippen LogP contribution in [0.25, 0.3) is 0 Å². The first kappa shape index (κ1) is 21.0. The number of aromatic nitrogens is 1. The van der Waals surface area contributed by atoms with E-state index in [2.05, 4.69) is 53.7 Å². The van der Waals surface area contributed by atoms with Crippen molar-refractivity contribution < 1.29 is 9.59 Å². The van der Waals surface area contributed by atoms with Crippen molar-refractivity contribution in [1.82, 2.24) is 10.3 Å². The van der Waals surface area contributed by atoms with Crippen molar-refractivity contribution in [1.29, 1.82) is 0 Å². The van der Waals surface area contributed by atoms with Crippen LogP contribution in [0.15, 0.2) is 65.1 Å². The minimum atomic E-state index is -0.382. The molecule has 0 bridgehead atoms. The minimum absolute atomic E-state index is 0.122. The Bertz CT molecular complexity index is 1080. The van der Waals surface area contributed by atoms with Gasteiger partial charge in [0.15, 0.2) is 5.78 Å². The first-order valence-corrected chi connectivity index (χ1v) is 10.9. The van der Waals surface area contributed by atoms with Gasteiger partial charge in [-0.1, -0.05) is 44.2 Å². The molecule has 2 unspecified atom stereocenters. The number of aryl methyl sites for hydroxylation is 2. The van der Waals surface area contributed by atoms with Crippen LogP contribution in [0.5, 0.6) is 0 Å². The molecule has 0 fully saturated rings. The Morgan fingerprint density at radius 1 is 1.13 bits per heavy atom. The normalized spacial score (nSPS) is 21.0. The number of anilines is 1. The van der Waals surface area contributed by atoms with Gasteiger partial charge in [0.1, 0.15) is 5.82 Å². The van der Waals surface area contributed by atoms with Gasteiger partial charge in [0.25, 0.3) is 5.91 Å². The molecule has 2 aromatic rings. The topological polar surface area (TPSA) is 71.1 Å². The van der Waals surface area contributed by atoms with Crippen LogP contribution >= 0.6 is 0 Å². The van der Waals surface area contributed by atoms with Gasteiger partial charge in [-0.15, -0.1) is 0 Å². The second kappa shape index (κ2) is 8.50. The van der Waals surface area contributed by atoms with Crippen LogP contribution in [0.2, 0.25) is 0 Å². The third-order valence-electron chi connectivity index (χ3n) is 6.15. The number of pyridine rings is 1. The van der Waals surface area contributed by atoms with E-state index < -0.39 is 0 Å². The number of amides is 1. The molecule has 2 heterocycles. The molecule has 0 saturated carbocycles. The third kappa shape index (κ3) is 4.18. The molecule has 0 spiro atoms. The zero-order valence-corrected chi connectivity index (χ0v) is 18.6. The van der Waals surface area contributed by atoms with E-state index in [1.807, 2.05) is 19.9 Å². The van der Waals surface area contributed by atoms with Crippen molar-refractivity contribution in [2.24, 2.45) is 5.92 Å². The number of carbonyl (C=O) groups is 2. The lowest BCUT2D eigenvalue weighted by Crippen LogP contribution is -2.37. The summed E-state index contributed by atoms with van der Waals surface area (Å²) >= 11 is 0. The summed E-state index contributed by atoms with van der Waals surface area (Å²) in [5.74, 6) is 0.301. The Morgan fingerprint density at radius 3 is 2.52 bits per heavy atom. The van der Waals surface area contributed by atoms with Crippen LogP contribution < -0.4 is 10.6 Å². The number of hydrogen-bond donors (Lipinski definition) is 2. The Balaban J connectivity index is 1.77. The lowest BCUT2D eigenvalue weighted by atomic mass is 9.73. The Morgan fingerprint density at radius 2 is 1.87 bits per heavy atom. The van der Waals surface area contributed by atoms with E-state index in [1.165, 1.54) is 5.56 Å². The Hall–Kier alpha value is -3.21. The van der Waals surface area contributed by atoms with Gasteiger partial charge in [0, 0.05) is 41.1 Å². The van der Waals surface area contributed by atoms with Gasteiger partial charge in [0.05, 0.1) is 0 Å².